The number of hydrogen-bond acceptors (Lipinski definition) is 3. The molecule has 2 rings (SSSR count). The summed E-state index contributed by atoms with van der Waals surface area (Å²) in [6, 6.07) is 13.6. The number of hydrogen-bond donors (Lipinski definition) is 3. The van der Waals surface area contributed by atoms with Crippen molar-refractivity contribution in [3.63, 3.8) is 0 Å². The number of amides is 2. The van der Waals surface area contributed by atoms with Gasteiger partial charge >= 0.3 is 5.97 Å². The van der Waals surface area contributed by atoms with Crippen LogP contribution in [0.3, 0.4) is 0 Å². The van der Waals surface area contributed by atoms with Gasteiger partial charge in [-0.3, -0.25) is 14.4 Å². The van der Waals surface area contributed by atoms with Gasteiger partial charge in [0.15, 0.2) is 0 Å². The lowest BCUT2D eigenvalue weighted by Gasteiger charge is -2.22. The van der Waals surface area contributed by atoms with Crippen LogP contribution in [0, 0.1) is 18.8 Å². The zero-order chi connectivity index (χ0) is 21.6. The van der Waals surface area contributed by atoms with E-state index < -0.39 is 17.9 Å². The fourth-order valence-electron chi connectivity index (χ4n) is 2.97. The Morgan fingerprint density at radius 1 is 0.966 bits per heavy atom. The minimum absolute atomic E-state index is 0.0985. The maximum Gasteiger partial charge on any atom is 0.306 e. The third-order valence-electron chi connectivity index (χ3n) is 4.81. The van der Waals surface area contributed by atoms with Crippen LogP contribution < -0.4 is 10.6 Å². The molecule has 6 nitrogen and oxygen atoms in total. The summed E-state index contributed by atoms with van der Waals surface area (Å²) in [5, 5.41) is 14.7. The van der Waals surface area contributed by atoms with Gasteiger partial charge in [0, 0.05) is 11.3 Å². The largest absolute Gasteiger partial charge is 0.481 e. The zero-order valence-electron chi connectivity index (χ0n) is 17.2. The molecular weight excluding hydrogens is 368 g/mol. The van der Waals surface area contributed by atoms with E-state index in [9.17, 15) is 14.4 Å². The fourth-order valence-corrected chi connectivity index (χ4v) is 2.97. The molecule has 0 aliphatic rings. The van der Waals surface area contributed by atoms with Crippen LogP contribution in [0.15, 0.2) is 48.5 Å². The van der Waals surface area contributed by atoms with Crippen LogP contribution >= 0.6 is 0 Å². The average molecular weight is 396 g/mol. The Labute approximate surface area is 171 Å². The smallest absolute Gasteiger partial charge is 0.306 e. The molecule has 0 saturated heterocycles. The van der Waals surface area contributed by atoms with Crippen molar-refractivity contribution in [3.8, 4) is 0 Å². The Balaban J connectivity index is 2.05. The molecule has 0 saturated carbocycles. The first kappa shape index (κ1) is 22.1. The van der Waals surface area contributed by atoms with Gasteiger partial charge in [-0.1, -0.05) is 51.1 Å². The van der Waals surface area contributed by atoms with Gasteiger partial charge < -0.3 is 15.7 Å². The summed E-state index contributed by atoms with van der Waals surface area (Å²) in [7, 11) is 0. The highest BCUT2D eigenvalue weighted by atomic mass is 16.4. The molecule has 2 atom stereocenters. The van der Waals surface area contributed by atoms with E-state index >= 15 is 0 Å². The second kappa shape index (κ2) is 9.87. The van der Waals surface area contributed by atoms with Crippen LogP contribution in [-0.2, 0) is 16.0 Å². The highest BCUT2D eigenvalue weighted by molar-refractivity contribution is 6.01. The van der Waals surface area contributed by atoms with E-state index in [-0.39, 0.29) is 17.7 Å². The normalized spacial score (nSPS) is 12.9. The molecular formula is C23H28N2O4. The van der Waals surface area contributed by atoms with Gasteiger partial charge in [0.05, 0.1) is 5.92 Å². The van der Waals surface area contributed by atoms with E-state index in [0.717, 1.165) is 11.1 Å². The van der Waals surface area contributed by atoms with Gasteiger partial charge in [-0.05, 0) is 48.6 Å². The first-order chi connectivity index (χ1) is 13.7. The number of aryl methyl sites for hydroxylation is 1. The molecule has 3 N–H and O–H groups in total. The van der Waals surface area contributed by atoms with Crippen molar-refractivity contribution in [2.45, 2.75) is 40.2 Å². The molecule has 2 aromatic carbocycles. The second-order valence-electron chi connectivity index (χ2n) is 7.64. The number of rotatable bonds is 8. The average Bonchev–Trinajstić information content (AvgIpc) is 2.67. The molecule has 2 amide bonds. The summed E-state index contributed by atoms with van der Waals surface area (Å²) in [6.07, 6.45) is 0.421. The Morgan fingerprint density at radius 2 is 1.59 bits per heavy atom. The molecule has 0 aromatic heterocycles. The van der Waals surface area contributed by atoms with Crippen LogP contribution in [0.5, 0.6) is 0 Å². The topological polar surface area (TPSA) is 95.5 Å². The number of carbonyl (C=O) groups excluding carboxylic acids is 2. The van der Waals surface area contributed by atoms with Crippen molar-refractivity contribution in [2.75, 3.05) is 5.32 Å². The highest BCUT2D eigenvalue weighted by Crippen LogP contribution is 2.15. The van der Waals surface area contributed by atoms with Gasteiger partial charge in [-0.2, -0.15) is 0 Å². The van der Waals surface area contributed by atoms with Crippen molar-refractivity contribution in [1.82, 2.24) is 5.32 Å². The van der Waals surface area contributed by atoms with Crippen molar-refractivity contribution in [3.05, 3.63) is 65.2 Å². The molecule has 0 radical (unpaired) electrons. The van der Waals surface area contributed by atoms with Crippen LogP contribution in [0.1, 0.15) is 42.3 Å². The predicted octanol–water partition coefficient (Wildman–Crippen LogP) is 3.65. The summed E-state index contributed by atoms with van der Waals surface area (Å²) in [6.45, 7) is 7.26. The number of benzene rings is 2. The van der Waals surface area contributed by atoms with Crippen molar-refractivity contribution in [2.24, 2.45) is 11.8 Å². The Bertz CT molecular complexity index is 875. The quantitative estimate of drug-likeness (QED) is 0.635. The van der Waals surface area contributed by atoms with E-state index in [1.165, 1.54) is 0 Å². The van der Waals surface area contributed by atoms with Gasteiger partial charge in [-0.15, -0.1) is 0 Å². The second-order valence-corrected chi connectivity index (χ2v) is 7.64. The van der Waals surface area contributed by atoms with E-state index in [2.05, 4.69) is 10.6 Å². The maximum atomic E-state index is 12.8. The van der Waals surface area contributed by atoms with Gasteiger partial charge in [0.25, 0.3) is 5.91 Å². The third kappa shape index (κ3) is 6.17. The minimum atomic E-state index is -0.841. The standard InChI is InChI=1S/C23H28N2O4/c1-14(2)20(25-21(26)19-8-6-5-7-15(19)3)22(27)24-18-11-9-17(10-12-18)13-16(4)23(28)29/h5-12,14,16,20H,13H2,1-4H3,(H,24,27)(H,25,26)(H,28,29). The predicted molar refractivity (Wildman–Crippen MR) is 113 cm³/mol. The number of carboxylic acid groups (broad SMARTS) is 1. The van der Waals surface area contributed by atoms with E-state index in [1.807, 2.05) is 32.9 Å². The summed E-state index contributed by atoms with van der Waals surface area (Å²) in [5.74, 6) is -1.99. The van der Waals surface area contributed by atoms with E-state index in [1.54, 1.807) is 43.3 Å². The fraction of sp³-hybridized carbons (Fsp3) is 0.348. The lowest BCUT2D eigenvalue weighted by Crippen LogP contribution is -2.47. The lowest BCUT2D eigenvalue weighted by atomic mass is 10.0. The van der Waals surface area contributed by atoms with E-state index in [0.29, 0.717) is 17.7 Å². The van der Waals surface area contributed by atoms with Gasteiger partial charge in [0.2, 0.25) is 5.91 Å². The summed E-state index contributed by atoms with van der Waals surface area (Å²) in [4.78, 5) is 36.3. The van der Waals surface area contributed by atoms with E-state index in [4.69, 9.17) is 5.11 Å². The summed E-state index contributed by atoms with van der Waals surface area (Å²) >= 11 is 0. The van der Waals surface area contributed by atoms with Crippen molar-refractivity contribution >= 4 is 23.5 Å². The van der Waals surface area contributed by atoms with Gasteiger partial charge in [-0.25, -0.2) is 0 Å². The molecule has 0 spiro atoms. The molecule has 154 valence electrons. The first-order valence-electron chi connectivity index (χ1n) is 9.68. The first-order valence-corrected chi connectivity index (χ1v) is 9.68. The number of aliphatic carboxylic acids is 1. The molecule has 6 heteroatoms. The lowest BCUT2D eigenvalue weighted by molar-refractivity contribution is -0.141. The Kier molecular flexibility index (Phi) is 7.53. The molecule has 29 heavy (non-hydrogen) atoms. The Morgan fingerprint density at radius 3 is 2.14 bits per heavy atom. The molecule has 0 aliphatic heterocycles. The molecule has 2 aromatic rings. The summed E-state index contributed by atoms with van der Waals surface area (Å²) < 4.78 is 0. The number of carboxylic acids is 1. The van der Waals surface area contributed by atoms with Crippen molar-refractivity contribution in [1.29, 1.82) is 0 Å². The molecule has 2 unspecified atom stereocenters. The highest BCUT2D eigenvalue weighted by Gasteiger charge is 2.25. The number of nitrogens with one attached hydrogen (secondary N) is 2. The van der Waals surface area contributed by atoms with Gasteiger partial charge in [0.1, 0.15) is 6.04 Å². The number of anilines is 1. The maximum absolute atomic E-state index is 12.8. The molecule has 0 bridgehead atoms. The van der Waals surface area contributed by atoms with Crippen molar-refractivity contribution < 1.29 is 19.5 Å². The number of carbonyl (C=O) groups is 3. The minimum Gasteiger partial charge on any atom is -0.481 e. The van der Waals surface area contributed by atoms with Crippen LogP contribution in [0.25, 0.3) is 0 Å². The van der Waals surface area contributed by atoms with Crippen LogP contribution in [-0.4, -0.2) is 28.9 Å². The Hall–Kier alpha value is -3.15. The van der Waals surface area contributed by atoms with Crippen LogP contribution in [0.4, 0.5) is 5.69 Å². The zero-order valence-corrected chi connectivity index (χ0v) is 17.2. The third-order valence-corrected chi connectivity index (χ3v) is 4.81. The monoisotopic (exact) mass is 396 g/mol. The summed E-state index contributed by atoms with van der Waals surface area (Å²) in [5.41, 5.74) is 2.87. The SMILES string of the molecule is Cc1ccccc1C(=O)NC(C(=O)Nc1ccc(CC(C)C(=O)O)cc1)C(C)C. The molecule has 0 fully saturated rings. The molecule has 0 aliphatic carbocycles. The molecule has 0 heterocycles. The van der Waals surface area contributed by atoms with Crippen LogP contribution in [0.2, 0.25) is 0 Å².